The lowest BCUT2D eigenvalue weighted by Gasteiger charge is -2.12. The molecular weight excluding hydrogens is 238 g/mol. The monoisotopic (exact) mass is 253 g/mol. The number of rotatable bonds is 6. The number of para-hydroxylation sites is 1. The zero-order valence-electron chi connectivity index (χ0n) is 9.83. The molecule has 0 saturated heterocycles. The zero-order valence-corrected chi connectivity index (χ0v) is 10.6. The first-order chi connectivity index (χ1) is 8.22. The van der Waals surface area contributed by atoms with Crippen molar-refractivity contribution in [3.8, 4) is 5.75 Å². The van der Waals surface area contributed by atoms with Gasteiger partial charge in [0.15, 0.2) is 5.78 Å². The molecule has 4 heteroatoms. The minimum Gasteiger partial charge on any atom is -0.491 e. The molecule has 0 spiro atoms. The molecule has 1 aromatic carbocycles. The third kappa shape index (κ3) is 3.20. The van der Waals surface area contributed by atoms with Crippen molar-refractivity contribution in [3.63, 3.8) is 0 Å². The van der Waals surface area contributed by atoms with Gasteiger partial charge >= 0.3 is 0 Å². The lowest BCUT2D eigenvalue weighted by Crippen LogP contribution is -2.19. The van der Waals surface area contributed by atoms with Crippen LogP contribution in [0.5, 0.6) is 5.75 Å². The summed E-state index contributed by atoms with van der Waals surface area (Å²) in [5.41, 5.74) is 0.563. The van der Waals surface area contributed by atoms with E-state index < -0.39 is 0 Å². The number of likely N-dealkylation sites (N-methyl/N-ethyl adjacent to an activating group) is 1. The van der Waals surface area contributed by atoms with Gasteiger partial charge in [-0.2, -0.15) is 0 Å². The Hall–Kier alpha value is -1.06. The smallest absolute Gasteiger partial charge is 0.180 e. The zero-order chi connectivity index (χ0) is 12.3. The summed E-state index contributed by atoms with van der Waals surface area (Å²) < 4.78 is 5.68. The van der Waals surface area contributed by atoms with E-state index in [1.165, 1.54) is 12.8 Å². The van der Waals surface area contributed by atoms with Crippen LogP contribution in [0.15, 0.2) is 18.2 Å². The average molecular weight is 254 g/mol. The van der Waals surface area contributed by atoms with Gasteiger partial charge in [-0.05, 0) is 37.9 Å². The summed E-state index contributed by atoms with van der Waals surface area (Å²) >= 11 is 6.08. The maximum atomic E-state index is 11.9. The van der Waals surface area contributed by atoms with Crippen molar-refractivity contribution in [2.75, 3.05) is 20.2 Å². The van der Waals surface area contributed by atoms with E-state index in [1.807, 2.05) is 0 Å². The first kappa shape index (κ1) is 12.4. The standard InChI is InChI=1S/C13H16ClNO2/c1-15-7-12(16)10-3-2-4-11(14)13(10)17-8-9-5-6-9/h2-4,9,15H,5-8H2,1H3. The maximum Gasteiger partial charge on any atom is 0.180 e. The van der Waals surface area contributed by atoms with Crippen molar-refractivity contribution < 1.29 is 9.53 Å². The van der Waals surface area contributed by atoms with E-state index in [4.69, 9.17) is 16.3 Å². The molecule has 1 fully saturated rings. The number of nitrogens with one attached hydrogen (secondary N) is 1. The van der Waals surface area contributed by atoms with Crippen LogP contribution in [0.3, 0.4) is 0 Å². The van der Waals surface area contributed by atoms with Crippen LogP contribution in [0, 0.1) is 5.92 Å². The van der Waals surface area contributed by atoms with Gasteiger partial charge in [-0.3, -0.25) is 4.79 Å². The van der Waals surface area contributed by atoms with Gasteiger partial charge in [-0.15, -0.1) is 0 Å². The summed E-state index contributed by atoms with van der Waals surface area (Å²) in [6, 6.07) is 5.28. The number of Topliss-reactive ketones (excluding diaryl/α,β-unsaturated/α-hetero) is 1. The molecule has 0 aromatic heterocycles. The number of benzene rings is 1. The Morgan fingerprint density at radius 2 is 2.29 bits per heavy atom. The Kier molecular flexibility index (Phi) is 4.02. The van der Waals surface area contributed by atoms with Crippen molar-refractivity contribution in [1.82, 2.24) is 5.32 Å². The highest BCUT2D eigenvalue weighted by atomic mass is 35.5. The summed E-state index contributed by atoms with van der Waals surface area (Å²) in [4.78, 5) is 11.9. The van der Waals surface area contributed by atoms with E-state index in [1.54, 1.807) is 25.2 Å². The van der Waals surface area contributed by atoms with Crippen LogP contribution < -0.4 is 10.1 Å². The molecule has 0 amide bonds. The number of hydrogen-bond donors (Lipinski definition) is 1. The Bertz CT molecular complexity index is 416. The Balaban J connectivity index is 2.16. The van der Waals surface area contributed by atoms with Gasteiger partial charge in [0.05, 0.1) is 23.7 Å². The number of ketones is 1. The van der Waals surface area contributed by atoms with Gasteiger partial charge in [0.25, 0.3) is 0 Å². The number of hydrogen-bond acceptors (Lipinski definition) is 3. The van der Waals surface area contributed by atoms with Crippen LogP contribution in [0.4, 0.5) is 0 Å². The predicted molar refractivity (Wildman–Crippen MR) is 67.9 cm³/mol. The van der Waals surface area contributed by atoms with Crippen molar-refractivity contribution in [3.05, 3.63) is 28.8 Å². The van der Waals surface area contributed by atoms with E-state index in [-0.39, 0.29) is 5.78 Å². The lowest BCUT2D eigenvalue weighted by atomic mass is 10.1. The van der Waals surface area contributed by atoms with Crippen molar-refractivity contribution in [2.24, 2.45) is 5.92 Å². The minimum absolute atomic E-state index is 0.000738. The molecule has 17 heavy (non-hydrogen) atoms. The highest BCUT2D eigenvalue weighted by Gasteiger charge is 2.23. The molecule has 3 nitrogen and oxygen atoms in total. The molecule has 92 valence electrons. The van der Waals surface area contributed by atoms with Gasteiger partial charge in [-0.25, -0.2) is 0 Å². The average Bonchev–Trinajstić information content (AvgIpc) is 3.11. The number of ether oxygens (including phenoxy) is 1. The first-order valence-electron chi connectivity index (χ1n) is 5.81. The highest BCUT2D eigenvalue weighted by molar-refractivity contribution is 6.32. The number of carbonyl (C=O) groups excluding carboxylic acids is 1. The van der Waals surface area contributed by atoms with Crippen LogP contribution in [0.2, 0.25) is 5.02 Å². The fraction of sp³-hybridized carbons (Fsp3) is 0.462. The summed E-state index contributed by atoms with van der Waals surface area (Å²) in [5, 5.41) is 3.35. The molecule has 0 atom stereocenters. The van der Waals surface area contributed by atoms with Crippen molar-refractivity contribution >= 4 is 17.4 Å². The summed E-state index contributed by atoms with van der Waals surface area (Å²) in [7, 11) is 1.74. The van der Waals surface area contributed by atoms with Gasteiger partial charge in [0, 0.05) is 0 Å². The predicted octanol–water partition coefficient (Wildman–Crippen LogP) is 2.53. The van der Waals surface area contributed by atoms with Crippen molar-refractivity contribution in [2.45, 2.75) is 12.8 Å². The van der Waals surface area contributed by atoms with Gasteiger partial charge in [-0.1, -0.05) is 17.7 Å². The molecular formula is C13H16ClNO2. The van der Waals surface area contributed by atoms with Crippen LogP contribution in [-0.2, 0) is 0 Å². The van der Waals surface area contributed by atoms with Crippen molar-refractivity contribution in [1.29, 1.82) is 0 Å². The molecule has 0 bridgehead atoms. The van der Waals surface area contributed by atoms with E-state index in [0.29, 0.717) is 35.4 Å². The molecule has 1 aliphatic rings. The van der Waals surface area contributed by atoms with E-state index in [2.05, 4.69) is 5.32 Å². The Morgan fingerprint density at radius 1 is 1.53 bits per heavy atom. The van der Waals surface area contributed by atoms with Crippen LogP contribution >= 0.6 is 11.6 Å². The van der Waals surface area contributed by atoms with E-state index in [9.17, 15) is 4.79 Å². The number of carbonyl (C=O) groups is 1. The highest BCUT2D eigenvalue weighted by Crippen LogP contribution is 2.33. The molecule has 1 saturated carbocycles. The Labute approximate surface area is 106 Å². The molecule has 0 radical (unpaired) electrons. The van der Waals surface area contributed by atoms with Gasteiger partial charge in [0.1, 0.15) is 5.75 Å². The molecule has 1 aromatic rings. The molecule has 0 heterocycles. The molecule has 1 N–H and O–H groups in total. The Morgan fingerprint density at radius 3 is 2.94 bits per heavy atom. The van der Waals surface area contributed by atoms with Crippen LogP contribution in [0.25, 0.3) is 0 Å². The third-order valence-electron chi connectivity index (χ3n) is 2.77. The van der Waals surface area contributed by atoms with E-state index >= 15 is 0 Å². The molecule has 2 rings (SSSR count). The summed E-state index contributed by atoms with van der Waals surface area (Å²) in [6.45, 7) is 0.948. The topological polar surface area (TPSA) is 38.3 Å². The lowest BCUT2D eigenvalue weighted by molar-refractivity contribution is 0.0989. The summed E-state index contributed by atoms with van der Waals surface area (Å²) in [6.07, 6.45) is 2.43. The minimum atomic E-state index is 0.000738. The quantitative estimate of drug-likeness (QED) is 0.792. The number of halogens is 1. The third-order valence-corrected chi connectivity index (χ3v) is 3.06. The van der Waals surface area contributed by atoms with E-state index in [0.717, 1.165) is 0 Å². The summed E-state index contributed by atoms with van der Waals surface area (Å²) in [5.74, 6) is 1.17. The van der Waals surface area contributed by atoms with Gasteiger partial charge < -0.3 is 10.1 Å². The first-order valence-corrected chi connectivity index (χ1v) is 6.19. The second-order valence-electron chi connectivity index (χ2n) is 4.32. The van der Waals surface area contributed by atoms with Crippen LogP contribution in [-0.4, -0.2) is 26.0 Å². The molecule has 1 aliphatic carbocycles. The SMILES string of the molecule is CNCC(=O)c1cccc(Cl)c1OCC1CC1. The second-order valence-corrected chi connectivity index (χ2v) is 4.73. The molecule has 0 unspecified atom stereocenters. The largest absolute Gasteiger partial charge is 0.491 e. The fourth-order valence-electron chi connectivity index (χ4n) is 1.62. The van der Waals surface area contributed by atoms with Gasteiger partial charge in [0.2, 0.25) is 0 Å². The fourth-order valence-corrected chi connectivity index (χ4v) is 1.85. The molecule has 0 aliphatic heterocycles. The second kappa shape index (κ2) is 5.52. The van der Waals surface area contributed by atoms with Crippen LogP contribution in [0.1, 0.15) is 23.2 Å². The normalized spacial score (nSPS) is 14.7. The maximum absolute atomic E-state index is 11.9.